The maximum atomic E-state index is 14.7. The number of para-hydroxylation sites is 2. The van der Waals surface area contributed by atoms with E-state index in [1.807, 2.05) is 36.4 Å². The summed E-state index contributed by atoms with van der Waals surface area (Å²) >= 11 is 0. The van der Waals surface area contributed by atoms with Crippen molar-refractivity contribution in [2.24, 2.45) is 23.7 Å². The molecular weight excluding hydrogens is 748 g/mol. The summed E-state index contributed by atoms with van der Waals surface area (Å²) in [4.78, 5) is 83.4. The normalized spacial score (nSPS) is 18.0. The molecule has 0 saturated heterocycles. The van der Waals surface area contributed by atoms with Crippen molar-refractivity contribution in [1.29, 1.82) is 0 Å². The number of hydrogen-bond acceptors (Lipinski definition) is 10. The van der Waals surface area contributed by atoms with Gasteiger partial charge >= 0.3 is 23.9 Å². The predicted molar refractivity (Wildman–Crippen MR) is 208 cm³/mol. The van der Waals surface area contributed by atoms with Gasteiger partial charge in [-0.1, -0.05) is 60.7 Å². The number of carboxylic acid groups (broad SMARTS) is 2. The first kappa shape index (κ1) is 42.4. The van der Waals surface area contributed by atoms with Crippen LogP contribution in [0.4, 0.5) is 0 Å². The van der Waals surface area contributed by atoms with E-state index in [1.54, 1.807) is 86.6 Å². The lowest BCUT2D eigenvalue weighted by molar-refractivity contribution is -0.190. The largest absolute Gasteiger partial charge is 0.481 e. The molecule has 2 amide bonds. The molecule has 1 aliphatic carbocycles. The SMILES string of the molecule is CCOC(=O)C(C)N(Cc1ccc(Oc2ccccc2)cc1)C(=O)C1C(C(=O)O)C(C(=O)O)C1C(=O)N(Cc1ccc(Oc2ccccc2)cc1)C(C)C(=O)OCC. The van der Waals surface area contributed by atoms with Crippen LogP contribution in [0, 0.1) is 23.7 Å². The van der Waals surface area contributed by atoms with E-state index in [0.717, 1.165) is 9.80 Å². The lowest BCUT2D eigenvalue weighted by Gasteiger charge is -2.49. The molecule has 0 aromatic heterocycles. The molecule has 0 bridgehead atoms. The van der Waals surface area contributed by atoms with Gasteiger partial charge in [0.2, 0.25) is 11.8 Å². The minimum absolute atomic E-state index is 0.0137. The molecule has 14 nitrogen and oxygen atoms in total. The maximum absolute atomic E-state index is 14.7. The first-order valence-electron chi connectivity index (χ1n) is 18.9. The van der Waals surface area contributed by atoms with E-state index in [-0.39, 0.29) is 26.3 Å². The number of carbonyl (C=O) groups excluding carboxylic acids is 4. The summed E-state index contributed by atoms with van der Waals surface area (Å²) in [6.45, 7) is 5.50. The highest BCUT2D eigenvalue weighted by atomic mass is 16.5. The minimum atomic E-state index is -1.84. The van der Waals surface area contributed by atoms with E-state index in [4.69, 9.17) is 18.9 Å². The Morgan fingerprint density at radius 3 is 1.10 bits per heavy atom. The quantitative estimate of drug-likeness (QED) is 0.109. The van der Waals surface area contributed by atoms with Gasteiger partial charge in [0.25, 0.3) is 0 Å². The van der Waals surface area contributed by atoms with E-state index in [9.17, 15) is 39.0 Å². The molecule has 2 N–H and O–H groups in total. The number of amides is 2. The number of carboxylic acids is 2. The van der Waals surface area contributed by atoms with Crippen molar-refractivity contribution in [1.82, 2.24) is 9.80 Å². The number of ether oxygens (including phenoxy) is 4. The van der Waals surface area contributed by atoms with Crippen molar-refractivity contribution in [2.75, 3.05) is 13.2 Å². The standard InChI is InChI=1S/C44H46N2O12/c1-5-55-43(53)27(3)45(25-29-17-21-33(22-18-29)57-31-13-9-7-10-14-31)39(47)35-36(38(42(51)52)37(35)41(49)50)40(48)46(28(4)44(54)56-6-2)26-30-19-23-34(24-20-30)58-32-15-11-8-12-16-32/h7-24,27-28,35-38H,5-6,25-26H2,1-4H3,(H,49,50)(H,51,52). The van der Waals surface area contributed by atoms with Crippen molar-refractivity contribution >= 4 is 35.7 Å². The Morgan fingerprint density at radius 2 is 0.810 bits per heavy atom. The number of rotatable bonds is 18. The highest BCUT2D eigenvalue weighted by Gasteiger charge is 2.65. The van der Waals surface area contributed by atoms with Crippen LogP contribution in [-0.4, -0.2) is 81.0 Å². The van der Waals surface area contributed by atoms with Gasteiger partial charge in [0.05, 0.1) is 36.9 Å². The van der Waals surface area contributed by atoms with E-state index >= 15 is 0 Å². The zero-order valence-electron chi connectivity index (χ0n) is 32.6. The summed E-state index contributed by atoms with van der Waals surface area (Å²) in [7, 11) is 0. The van der Waals surface area contributed by atoms with E-state index in [1.165, 1.54) is 13.8 Å². The van der Waals surface area contributed by atoms with Crippen LogP contribution in [0.1, 0.15) is 38.8 Å². The zero-order valence-corrected chi connectivity index (χ0v) is 32.6. The van der Waals surface area contributed by atoms with Gasteiger partial charge in [0.1, 0.15) is 35.1 Å². The second-order valence-corrected chi connectivity index (χ2v) is 13.7. The van der Waals surface area contributed by atoms with Crippen LogP contribution < -0.4 is 9.47 Å². The van der Waals surface area contributed by atoms with Gasteiger partial charge in [-0.15, -0.1) is 0 Å². The molecular formula is C44H46N2O12. The summed E-state index contributed by atoms with van der Waals surface area (Å²) in [5.74, 6) is -11.7. The molecule has 0 spiro atoms. The average molecular weight is 795 g/mol. The molecule has 14 heteroatoms. The number of nitrogens with zero attached hydrogens (tertiary/aromatic N) is 2. The Kier molecular flexibility index (Phi) is 14.2. The topological polar surface area (TPSA) is 186 Å². The van der Waals surface area contributed by atoms with Crippen molar-refractivity contribution < 1.29 is 57.9 Å². The molecule has 0 aliphatic heterocycles. The van der Waals surface area contributed by atoms with Crippen molar-refractivity contribution in [3.8, 4) is 23.0 Å². The van der Waals surface area contributed by atoms with E-state index in [0.29, 0.717) is 34.1 Å². The zero-order chi connectivity index (χ0) is 41.9. The van der Waals surface area contributed by atoms with Gasteiger partial charge in [0.15, 0.2) is 0 Å². The van der Waals surface area contributed by atoms with Gasteiger partial charge in [-0.25, -0.2) is 9.59 Å². The monoisotopic (exact) mass is 794 g/mol. The fraction of sp³-hybridized carbons (Fsp3) is 0.318. The third-order valence-corrected chi connectivity index (χ3v) is 9.96. The number of esters is 2. The van der Waals surface area contributed by atoms with E-state index in [2.05, 4.69) is 0 Å². The smallest absolute Gasteiger partial charge is 0.328 e. The summed E-state index contributed by atoms with van der Waals surface area (Å²) < 4.78 is 22.2. The van der Waals surface area contributed by atoms with Crippen LogP contribution in [0.15, 0.2) is 109 Å². The molecule has 4 aromatic carbocycles. The van der Waals surface area contributed by atoms with E-state index < -0.39 is 71.4 Å². The maximum Gasteiger partial charge on any atom is 0.328 e. The Morgan fingerprint density at radius 1 is 0.500 bits per heavy atom. The fourth-order valence-corrected chi connectivity index (χ4v) is 6.92. The number of benzene rings is 4. The molecule has 6 unspecified atom stereocenters. The average Bonchev–Trinajstić information content (AvgIpc) is 3.20. The summed E-state index contributed by atoms with van der Waals surface area (Å²) in [5, 5.41) is 20.7. The molecule has 304 valence electrons. The molecule has 6 atom stereocenters. The van der Waals surface area contributed by atoms with Crippen LogP contribution in [-0.2, 0) is 51.3 Å². The molecule has 1 saturated carbocycles. The third-order valence-electron chi connectivity index (χ3n) is 9.96. The lowest BCUT2D eigenvalue weighted by atomic mass is 9.55. The predicted octanol–water partition coefficient (Wildman–Crippen LogP) is 6.18. The number of aliphatic carboxylic acids is 2. The van der Waals surface area contributed by atoms with Gasteiger partial charge in [-0.05, 0) is 87.4 Å². The van der Waals surface area contributed by atoms with Crippen LogP contribution in [0.2, 0.25) is 0 Å². The minimum Gasteiger partial charge on any atom is -0.481 e. The van der Waals surface area contributed by atoms with Crippen LogP contribution >= 0.6 is 0 Å². The van der Waals surface area contributed by atoms with Crippen molar-refractivity contribution in [3.05, 3.63) is 120 Å². The Hall–Kier alpha value is -6.70. The van der Waals surface area contributed by atoms with Crippen LogP contribution in [0.3, 0.4) is 0 Å². The lowest BCUT2D eigenvalue weighted by Crippen LogP contribution is -2.66. The molecule has 58 heavy (non-hydrogen) atoms. The number of hydrogen-bond donors (Lipinski definition) is 2. The summed E-state index contributed by atoms with van der Waals surface area (Å²) in [6.07, 6.45) is 0. The molecule has 0 heterocycles. The van der Waals surface area contributed by atoms with Gasteiger partial charge in [-0.3, -0.25) is 19.2 Å². The Bertz CT molecular complexity index is 1910. The second-order valence-electron chi connectivity index (χ2n) is 13.7. The molecule has 4 aromatic rings. The first-order chi connectivity index (χ1) is 27.8. The Labute approximate surface area is 335 Å². The summed E-state index contributed by atoms with van der Waals surface area (Å²) in [6, 6.07) is 28.8. The fourth-order valence-electron chi connectivity index (χ4n) is 6.92. The molecule has 1 aliphatic rings. The molecule has 1 fully saturated rings. The van der Waals surface area contributed by atoms with Gasteiger partial charge < -0.3 is 39.0 Å². The molecule has 0 radical (unpaired) electrons. The second kappa shape index (κ2) is 19.4. The highest BCUT2D eigenvalue weighted by Crippen LogP contribution is 2.49. The highest BCUT2D eigenvalue weighted by molar-refractivity contribution is 6.01. The van der Waals surface area contributed by atoms with Crippen LogP contribution in [0.25, 0.3) is 0 Å². The van der Waals surface area contributed by atoms with Gasteiger partial charge in [-0.2, -0.15) is 0 Å². The van der Waals surface area contributed by atoms with Gasteiger partial charge in [0, 0.05) is 13.1 Å². The number of carbonyl (C=O) groups is 6. The third kappa shape index (κ3) is 9.99. The van der Waals surface area contributed by atoms with Crippen molar-refractivity contribution in [2.45, 2.75) is 52.9 Å². The first-order valence-corrected chi connectivity index (χ1v) is 18.9. The van der Waals surface area contributed by atoms with Crippen LogP contribution in [0.5, 0.6) is 23.0 Å². The van der Waals surface area contributed by atoms with Crippen molar-refractivity contribution in [3.63, 3.8) is 0 Å². The molecule has 5 rings (SSSR count). The summed E-state index contributed by atoms with van der Waals surface area (Å²) in [5.41, 5.74) is 1.04. The Balaban J connectivity index is 1.48.